The average Bonchev–Trinajstić information content (AvgIpc) is 2.84. The van der Waals surface area contributed by atoms with Gasteiger partial charge in [0, 0.05) is 44.3 Å². The fourth-order valence-corrected chi connectivity index (χ4v) is 5.40. The number of nitrogens with zero attached hydrogens (tertiary/aromatic N) is 6. The van der Waals surface area contributed by atoms with Crippen molar-refractivity contribution in [2.45, 2.75) is 58.2 Å². The first kappa shape index (κ1) is 25.1. The van der Waals surface area contributed by atoms with Crippen LogP contribution in [0.25, 0.3) is 0 Å². The largest absolute Gasteiger partial charge is 0.383 e. The number of primary amides is 1. The van der Waals surface area contributed by atoms with Crippen LogP contribution in [0.15, 0.2) is 18.3 Å². The summed E-state index contributed by atoms with van der Waals surface area (Å²) in [5.41, 5.74) is 12.6. The Morgan fingerprint density at radius 2 is 1.89 bits per heavy atom. The first-order chi connectivity index (χ1) is 16.7. The number of piperazine rings is 1. The maximum Gasteiger partial charge on any atom is 0.268 e. The van der Waals surface area contributed by atoms with Gasteiger partial charge in [-0.2, -0.15) is 0 Å². The lowest BCUT2D eigenvalue weighted by atomic mass is 9.96. The van der Waals surface area contributed by atoms with Crippen LogP contribution in [0.1, 0.15) is 59.7 Å². The standard InChI is InChI=1S/C24H33ClN8O2/c1-4-16-13-32(23-15(3)29-19(11-28-23)22(27)34)14(2)12-33(16)17-7-9-31(10-8-17)24(35)18-5-6-20(25)30-21(18)26/h5-6,11,14,16-17H,4,7-10,12-13H2,1-3H3,(H2,26,30)(H2,27,34)/t14-,16+/m1/s1. The normalized spacial score (nSPS) is 21.8. The van der Waals surface area contributed by atoms with E-state index in [9.17, 15) is 9.59 Å². The Hall–Kier alpha value is -2.98. The van der Waals surface area contributed by atoms with Crippen molar-refractivity contribution in [1.82, 2.24) is 24.8 Å². The number of anilines is 2. The van der Waals surface area contributed by atoms with Gasteiger partial charge in [0.2, 0.25) is 0 Å². The molecule has 2 fully saturated rings. The second-order valence-corrected chi connectivity index (χ2v) is 9.77. The van der Waals surface area contributed by atoms with E-state index in [1.165, 1.54) is 6.20 Å². The predicted molar refractivity (Wildman–Crippen MR) is 135 cm³/mol. The smallest absolute Gasteiger partial charge is 0.268 e. The number of aryl methyl sites for hydroxylation is 1. The fraction of sp³-hybridized carbons (Fsp3) is 0.542. The lowest BCUT2D eigenvalue weighted by Gasteiger charge is -2.50. The minimum Gasteiger partial charge on any atom is -0.383 e. The number of pyridine rings is 1. The number of rotatable bonds is 5. The minimum absolute atomic E-state index is 0.0937. The molecule has 0 aromatic carbocycles. The summed E-state index contributed by atoms with van der Waals surface area (Å²) in [4.78, 5) is 44.1. The van der Waals surface area contributed by atoms with Gasteiger partial charge in [-0.25, -0.2) is 15.0 Å². The number of likely N-dealkylation sites (tertiary alicyclic amines) is 1. The highest BCUT2D eigenvalue weighted by Crippen LogP contribution is 2.30. The van der Waals surface area contributed by atoms with Crippen molar-refractivity contribution in [1.29, 1.82) is 0 Å². The van der Waals surface area contributed by atoms with Gasteiger partial charge in [-0.05, 0) is 45.2 Å². The molecule has 4 heterocycles. The van der Waals surface area contributed by atoms with Crippen molar-refractivity contribution in [3.8, 4) is 0 Å². The summed E-state index contributed by atoms with van der Waals surface area (Å²) in [7, 11) is 0. The highest BCUT2D eigenvalue weighted by Gasteiger charge is 2.38. The van der Waals surface area contributed by atoms with Crippen LogP contribution in [0.2, 0.25) is 5.15 Å². The van der Waals surface area contributed by atoms with Crippen LogP contribution in [0.5, 0.6) is 0 Å². The number of halogens is 1. The third-order valence-corrected chi connectivity index (χ3v) is 7.35. The van der Waals surface area contributed by atoms with Crippen molar-refractivity contribution < 1.29 is 9.59 Å². The van der Waals surface area contributed by atoms with Crippen molar-refractivity contribution >= 4 is 35.1 Å². The summed E-state index contributed by atoms with van der Waals surface area (Å²) in [6.07, 6.45) is 4.27. The molecule has 0 bridgehead atoms. The van der Waals surface area contributed by atoms with Gasteiger partial charge in [0.05, 0.1) is 17.5 Å². The van der Waals surface area contributed by atoms with Crippen molar-refractivity contribution in [2.75, 3.05) is 36.8 Å². The van der Waals surface area contributed by atoms with Crippen molar-refractivity contribution in [2.24, 2.45) is 5.73 Å². The number of hydrogen-bond acceptors (Lipinski definition) is 8. The van der Waals surface area contributed by atoms with Gasteiger partial charge in [-0.15, -0.1) is 0 Å². The number of aromatic nitrogens is 3. The molecule has 0 unspecified atom stereocenters. The van der Waals surface area contributed by atoms with E-state index in [-0.39, 0.29) is 28.6 Å². The van der Waals surface area contributed by atoms with E-state index in [1.54, 1.807) is 12.1 Å². The van der Waals surface area contributed by atoms with E-state index in [0.717, 1.165) is 38.2 Å². The molecule has 0 aliphatic carbocycles. The van der Waals surface area contributed by atoms with Gasteiger partial charge >= 0.3 is 0 Å². The van der Waals surface area contributed by atoms with Crippen LogP contribution < -0.4 is 16.4 Å². The Labute approximate surface area is 210 Å². The lowest BCUT2D eigenvalue weighted by Crippen LogP contribution is -2.62. The molecule has 188 valence electrons. The summed E-state index contributed by atoms with van der Waals surface area (Å²) in [6, 6.07) is 4.22. The predicted octanol–water partition coefficient (Wildman–Crippen LogP) is 2.11. The Bertz CT molecular complexity index is 1100. The molecule has 10 nitrogen and oxygen atoms in total. The Morgan fingerprint density at radius 1 is 1.17 bits per heavy atom. The van der Waals surface area contributed by atoms with Crippen LogP contribution in [-0.2, 0) is 0 Å². The molecule has 35 heavy (non-hydrogen) atoms. The molecule has 11 heteroatoms. The summed E-state index contributed by atoms with van der Waals surface area (Å²) in [5.74, 6) is 0.304. The topological polar surface area (TPSA) is 135 Å². The molecule has 4 rings (SSSR count). The third-order valence-electron chi connectivity index (χ3n) is 7.14. The van der Waals surface area contributed by atoms with Crippen molar-refractivity contribution in [3.63, 3.8) is 0 Å². The van der Waals surface area contributed by atoms with Gasteiger partial charge in [0.15, 0.2) is 0 Å². The third kappa shape index (κ3) is 5.18. The van der Waals surface area contributed by atoms with E-state index >= 15 is 0 Å². The van der Waals surface area contributed by atoms with Crippen LogP contribution in [-0.4, -0.2) is 80.9 Å². The molecule has 4 N–H and O–H groups in total. The Kier molecular flexibility index (Phi) is 7.42. The molecule has 2 atom stereocenters. The van der Waals surface area contributed by atoms with Crippen molar-refractivity contribution in [3.05, 3.63) is 40.4 Å². The van der Waals surface area contributed by atoms with E-state index < -0.39 is 5.91 Å². The number of nitrogen functional groups attached to an aromatic ring is 1. The van der Waals surface area contributed by atoms with Crippen LogP contribution in [0.3, 0.4) is 0 Å². The molecule has 2 aromatic rings. The zero-order valence-electron chi connectivity index (χ0n) is 20.4. The van der Waals surface area contributed by atoms with E-state index in [0.29, 0.717) is 36.4 Å². The quantitative estimate of drug-likeness (QED) is 0.596. The average molecular weight is 501 g/mol. The molecule has 2 aliphatic heterocycles. The number of amides is 2. The van der Waals surface area contributed by atoms with Crippen LogP contribution in [0, 0.1) is 6.92 Å². The molecule has 2 aromatic heterocycles. The fourth-order valence-electron chi connectivity index (χ4n) is 5.25. The number of piperidine rings is 1. The number of hydrogen-bond donors (Lipinski definition) is 2. The van der Waals surface area contributed by atoms with Gasteiger partial charge < -0.3 is 21.3 Å². The molecule has 2 amide bonds. The SMILES string of the molecule is CC[C@H]1CN(c2ncc(C(N)=O)nc2C)[C@H](C)CN1C1CCN(C(=O)c2ccc(Cl)nc2N)CC1. The van der Waals surface area contributed by atoms with Crippen LogP contribution >= 0.6 is 11.6 Å². The minimum atomic E-state index is -0.573. The van der Waals surface area contributed by atoms with Gasteiger partial charge in [0.1, 0.15) is 22.5 Å². The summed E-state index contributed by atoms with van der Waals surface area (Å²) in [6.45, 7) is 9.33. The molecular weight excluding hydrogens is 468 g/mol. The monoisotopic (exact) mass is 500 g/mol. The molecule has 2 saturated heterocycles. The van der Waals surface area contributed by atoms with Gasteiger partial charge in [-0.3, -0.25) is 14.5 Å². The summed E-state index contributed by atoms with van der Waals surface area (Å²) < 4.78 is 0. The molecule has 0 spiro atoms. The zero-order chi connectivity index (χ0) is 25.3. The second kappa shape index (κ2) is 10.3. The van der Waals surface area contributed by atoms with E-state index in [2.05, 4.69) is 38.6 Å². The molecule has 0 radical (unpaired) electrons. The molecular formula is C24H33ClN8O2. The summed E-state index contributed by atoms with van der Waals surface area (Å²) in [5, 5.41) is 0.279. The van der Waals surface area contributed by atoms with E-state index in [4.69, 9.17) is 23.1 Å². The number of nitrogens with two attached hydrogens (primary N) is 2. The van der Waals surface area contributed by atoms with Crippen LogP contribution in [0.4, 0.5) is 11.6 Å². The molecule has 0 saturated carbocycles. The highest BCUT2D eigenvalue weighted by atomic mass is 35.5. The Morgan fingerprint density at radius 3 is 2.49 bits per heavy atom. The first-order valence-corrected chi connectivity index (χ1v) is 12.4. The first-order valence-electron chi connectivity index (χ1n) is 12.1. The molecule has 2 aliphatic rings. The van der Waals surface area contributed by atoms with Gasteiger partial charge in [0.25, 0.3) is 11.8 Å². The highest BCUT2D eigenvalue weighted by molar-refractivity contribution is 6.29. The zero-order valence-corrected chi connectivity index (χ0v) is 21.2. The maximum absolute atomic E-state index is 13.0. The lowest BCUT2D eigenvalue weighted by molar-refractivity contribution is 0.0435. The Balaban J connectivity index is 1.42. The van der Waals surface area contributed by atoms with Gasteiger partial charge in [-0.1, -0.05) is 18.5 Å². The number of carbonyl (C=O) groups is 2. The maximum atomic E-state index is 13.0. The summed E-state index contributed by atoms with van der Waals surface area (Å²) >= 11 is 5.88. The second-order valence-electron chi connectivity index (χ2n) is 9.38. The van der Waals surface area contributed by atoms with E-state index in [1.807, 2.05) is 11.8 Å². The number of carbonyl (C=O) groups excluding carboxylic acids is 2.